The zero-order chi connectivity index (χ0) is 14.5. The van der Waals surface area contributed by atoms with Gasteiger partial charge >= 0.3 is 12.0 Å². The lowest BCUT2D eigenvalue weighted by atomic mass is 10.3. The van der Waals surface area contributed by atoms with Gasteiger partial charge in [0.15, 0.2) is 0 Å². The second-order valence-corrected chi connectivity index (χ2v) is 5.84. The van der Waals surface area contributed by atoms with Crippen molar-refractivity contribution in [2.75, 3.05) is 32.7 Å². The standard InChI is InChI=1S/C13H19N3O3S/c1-10-2-7-20-11(10)8-14-13(19)16-5-3-15(4-6-16)9-12(17)18/h2,7H,3-6,8-9H2,1H3,(H,14,19)(H,17,18). The molecule has 0 aromatic carbocycles. The number of hydrogen-bond donors (Lipinski definition) is 2. The first kappa shape index (κ1) is 14.8. The average molecular weight is 297 g/mol. The van der Waals surface area contributed by atoms with Crippen molar-refractivity contribution >= 4 is 23.3 Å². The largest absolute Gasteiger partial charge is 0.480 e. The Morgan fingerprint density at radius 3 is 2.60 bits per heavy atom. The number of carboxylic acids is 1. The fourth-order valence-corrected chi connectivity index (χ4v) is 3.00. The van der Waals surface area contributed by atoms with Crippen LogP contribution in [0.5, 0.6) is 0 Å². The molecular formula is C13H19N3O3S. The summed E-state index contributed by atoms with van der Waals surface area (Å²) in [7, 11) is 0. The predicted octanol–water partition coefficient (Wildman–Crippen LogP) is 0.968. The highest BCUT2D eigenvalue weighted by Gasteiger charge is 2.22. The highest BCUT2D eigenvalue weighted by molar-refractivity contribution is 7.10. The number of carbonyl (C=O) groups is 2. The quantitative estimate of drug-likeness (QED) is 0.868. The molecule has 1 aromatic heterocycles. The van der Waals surface area contributed by atoms with Crippen molar-refractivity contribution in [3.63, 3.8) is 0 Å². The van der Waals surface area contributed by atoms with E-state index in [2.05, 4.69) is 5.32 Å². The van der Waals surface area contributed by atoms with Gasteiger partial charge in [0.05, 0.1) is 13.1 Å². The van der Waals surface area contributed by atoms with E-state index in [1.165, 1.54) is 10.4 Å². The lowest BCUT2D eigenvalue weighted by molar-refractivity contribution is -0.138. The van der Waals surface area contributed by atoms with Crippen molar-refractivity contribution in [3.05, 3.63) is 21.9 Å². The molecule has 110 valence electrons. The third-order valence-corrected chi connectivity index (χ3v) is 4.41. The monoisotopic (exact) mass is 297 g/mol. The molecule has 2 N–H and O–H groups in total. The lowest BCUT2D eigenvalue weighted by Gasteiger charge is -2.33. The third-order valence-electron chi connectivity index (χ3n) is 3.39. The Morgan fingerprint density at radius 1 is 1.35 bits per heavy atom. The van der Waals surface area contributed by atoms with Gasteiger partial charge in [-0.1, -0.05) is 0 Å². The van der Waals surface area contributed by atoms with Crippen molar-refractivity contribution in [2.45, 2.75) is 13.5 Å². The molecule has 0 radical (unpaired) electrons. The fourth-order valence-electron chi connectivity index (χ4n) is 2.15. The molecule has 2 amide bonds. The van der Waals surface area contributed by atoms with Crippen LogP contribution in [0, 0.1) is 6.92 Å². The number of urea groups is 1. The van der Waals surface area contributed by atoms with E-state index in [-0.39, 0.29) is 12.6 Å². The van der Waals surface area contributed by atoms with E-state index >= 15 is 0 Å². The van der Waals surface area contributed by atoms with E-state index < -0.39 is 5.97 Å². The molecule has 1 aliphatic rings. The molecular weight excluding hydrogens is 278 g/mol. The minimum Gasteiger partial charge on any atom is -0.480 e. The maximum atomic E-state index is 12.0. The van der Waals surface area contributed by atoms with Crippen LogP contribution < -0.4 is 5.32 Å². The number of thiophene rings is 1. The first-order valence-electron chi connectivity index (χ1n) is 6.56. The Kier molecular flexibility index (Phi) is 4.97. The molecule has 7 heteroatoms. The lowest BCUT2D eigenvalue weighted by Crippen LogP contribution is -2.52. The second kappa shape index (κ2) is 6.71. The Labute approximate surface area is 122 Å². The Bertz CT molecular complexity index is 481. The molecule has 0 aliphatic carbocycles. The van der Waals surface area contributed by atoms with E-state index in [1.54, 1.807) is 16.2 Å². The molecule has 0 saturated carbocycles. The molecule has 6 nitrogen and oxygen atoms in total. The minimum absolute atomic E-state index is 0.0455. The zero-order valence-corrected chi connectivity index (χ0v) is 12.3. The van der Waals surface area contributed by atoms with Crippen molar-refractivity contribution in [1.82, 2.24) is 15.1 Å². The number of nitrogens with zero attached hydrogens (tertiary/aromatic N) is 2. The van der Waals surface area contributed by atoms with Crippen LogP contribution in [0.3, 0.4) is 0 Å². The van der Waals surface area contributed by atoms with Gasteiger partial charge in [-0.3, -0.25) is 9.69 Å². The van der Waals surface area contributed by atoms with Crippen LogP contribution in [0.25, 0.3) is 0 Å². The second-order valence-electron chi connectivity index (χ2n) is 4.84. The van der Waals surface area contributed by atoms with Crippen molar-refractivity contribution < 1.29 is 14.7 Å². The van der Waals surface area contributed by atoms with Gasteiger partial charge in [-0.05, 0) is 23.9 Å². The van der Waals surface area contributed by atoms with E-state index in [4.69, 9.17) is 5.11 Å². The number of aryl methyl sites for hydroxylation is 1. The zero-order valence-electron chi connectivity index (χ0n) is 11.5. The highest BCUT2D eigenvalue weighted by Crippen LogP contribution is 2.15. The summed E-state index contributed by atoms with van der Waals surface area (Å²) in [6, 6.07) is 1.96. The number of carbonyl (C=O) groups excluding carboxylic acids is 1. The third kappa shape index (κ3) is 3.94. The molecule has 20 heavy (non-hydrogen) atoms. The van der Waals surface area contributed by atoms with E-state index in [9.17, 15) is 9.59 Å². The summed E-state index contributed by atoms with van der Waals surface area (Å²) < 4.78 is 0. The van der Waals surface area contributed by atoms with Crippen LogP contribution in [0.4, 0.5) is 4.79 Å². The van der Waals surface area contributed by atoms with Crippen LogP contribution in [-0.4, -0.2) is 59.6 Å². The number of nitrogens with one attached hydrogen (secondary N) is 1. The van der Waals surface area contributed by atoms with Crippen LogP contribution >= 0.6 is 11.3 Å². The molecule has 1 aromatic rings. The Balaban J connectivity index is 1.74. The first-order chi connectivity index (χ1) is 9.56. The maximum Gasteiger partial charge on any atom is 0.317 e. The molecule has 2 rings (SSSR count). The van der Waals surface area contributed by atoms with Crippen LogP contribution in [0.1, 0.15) is 10.4 Å². The summed E-state index contributed by atoms with van der Waals surface area (Å²) in [5.41, 5.74) is 1.20. The highest BCUT2D eigenvalue weighted by atomic mass is 32.1. The van der Waals surface area contributed by atoms with Gasteiger partial charge in [0, 0.05) is 31.1 Å². The number of hydrogen-bond acceptors (Lipinski definition) is 4. The van der Waals surface area contributed by atoms with Crippen molar-refractivity contribution in [2.24, 2.45) is 0 Å². The van der Waals surface area contributed by atoms with Gasteiger partial charge in [0.2, 0.25) is 0 Å². The average Bonchev–Trinajstić information content (AvgIpc) is 2.82. The number of piperazine rings is 1. The summed E-state index contributed by atoms with van der Waals surface area (Å²) in [5, 5.41) is 13.7. The van der Waals surface area contributed by atoms with Crippen molar-refractivity contribution in [3.8, 4) is 0 Å². The van der Waals surface area contributed by atoms with E-state index in [0.29, 0.717) is 32.7 Å². The topological polar surface area (TPSA) is 72.9 Å². The molecule has 1 fully saturated rings. The summed E-state index contributed by atoms with van der Waals surface area (Å²) in [5.74, 6) is -0.823. The Morgan fingerprint density at radius 2 is 2.05 bits per heavy atom. The van der Waals surface area contributed by atoms with Gasteiger partial charge in [-0.2, -0.15) is 0 Å². The SMILES string of the molecule is Cc1ccsc1CNC(=O)N1CCN(CC(=O)O)CC1. The van der Waals surface area contributed by atoms with Crippen LogP contribution in [0.15, 0.2) is 11.4 Å². The summed E-state index contributed by atoms with van der Waals surface area (Å²) >= 11 is 1.64. The number of rotatable bonds is 4. The number of carboxylic acid groups (broad SMARTS) is 1. The maximum absolute atomic E-state index is 12.0. The van der Waals surface area contributed by atoms with E-state index in [1.807, 2.05) is 23.3 Å². The summed E-state index contributed by atoms with van der Waals surface area (Å²) in [6.07, 6.45) is 0. The molecule has 1 saturated heterocycles. The predicted molar refractivity (Wildman–Crippen MR) is 76.9 cm³/mol. The van der Waals surface area contributed by atoms with Crippen LogP contribution in [-0.2, 0) is 11.3 Å². The smallest absolute Gasteiger partial charge is 0.317 e. The van der Waals surface area contributed by atoms with Gasteiger partial charge in [-0.15, -0.1) is 11.3 Å². The van der Waals surface area contributed by atoms with Gasteiger partial charge in [0.25, 0.3) is 0 Å². The molecule has 0 atom stereocenters. The van der Waals surface area contributed by atoms with Gasteiger partial charge < -0.3 is 15.3 Å². The van der Waals surface area contributed by atoms with Gasteiger partial charge in [-0.25, -0.2) is 4.79 Å². The Hall–Kier alpha value is -1.60. The molecule has 1 aliphatic heterocycles. The fraction of sp³-hybridized carbons (Fsp3) is 0.538. The molecule has 0 unspecified atom stereocenters. The number of amides is 2. The van der Waals surface area contributed by atoms with Crippen molar-refractivity contribution in [1.29, 1.82) is 0 Å². The molecule has 0 bridgehead atoms. The molecule has 0 spiro atoms. The van der Waals surface area contributed by atoms with Crippen LogP contribution in [0.2, 0.25) is 0 Å². The van der Waals surface area contributed by atoms with Gasteiger partial charge in [0.1, 0.15) is 0 Å². The summed E-state index contributed by atoms with van der Waals surface area (Å²) in [6.45, 7) is 4.99. The number of aliphatic carboxylic acids is 1. The summed E-state index contributed by atoms with van der Waals surface area (Å²) in [4.78, 5) is 27.4. The minimum atomic E-state index is -0.823. The first-order valence-corrected chi connectivity index (χ1v) is 7.44. The molecule has 2 heterocycles. The normalized spacial score (nSPS) is 16.1. The van der Waals surface area contributed by atoms with E-state index in [0.717, 1.165) is 0 Å².